The summed E-state index contributed by atoms with van der Waals surface area (Å²) in [5.41, 5.74) is -0.731. The van der Waals surface area contributed by atoms with Gasteiger partial charge in [0.25, 0.3) is 0 Å². The van der Waals surface area contributed by atoms with Gasteiger partial charge in [0.05, 0.1) is 5.69 Å². The molecule has 0 aromatic carbocycles. The minimum absolute atomic E-state index is 0.227. The van der Waals surface area contributed by atoms with Gasteiger partial charge in [0.2, 0.25) is 10.0 Å². The van der Waals surface area contributed by atoms with E-state index in [0.29, 0.717) is 18.5 Å². The van der Waals surface area contributed by atoms with E-state index in [0.717, 1.165) is 4.31 Å². The molecule has 1 atom stereocenters. The summed E-state index contributed by atoms with van der Waals surface area (Å²) >= 11 is 0. The first-order valence-electron chi connectivity index (χ1n) is 6.48. The third-order valence-corrected chi connectivity index (χ3v) is 5.60. The first-order chi connectivity index (χ1) is 9.32. The molecule has 1 unspecified atom stereocenters. The maximum Gasteiger partial charge on any atom is 0.325 e. The summed E-state index contributed by atoms with van der Waals surface area (Å²) in [4.78, 5) is 11.5. The van der Waals surface area contributed by atoms with Crippen LogP contribution in [0.3, 0.4) is 0 Å². The highest BCUT2D eigenvalue weighted by atomic mass is 32.2. The zero-order valence-corrected chi connectivity index (χ0v) is 12.3. The molecule has 0 spiro atoms. The monoisotopic (exact) mass is 302 g/mol. The van der Waals surface area contributed by atoms with Crippen molar-refractivity contribution >= 4 is 16.0 Å². The molecule has 1 aromatic rings. The normalized spacial score (nSPS) is 24.1. The first kappa shape index (κ1) is 15.0. The van der Waals surface area contributed by atoms with E-state index < -0.39 is 21.5 Å². The van der Waals surface area contributed by atoms with Crippen molar-refractivity contribution in [2.45, 2.75) is 44.4 Å². The molecule has 1 N–H and O–H groups in total. The third kappa shape index (κ3) is 2.45. The molecule has 0 radical (unpaired) electrons. The standard InChI is InChI=1S/C12H18N2O5S/c1-3-12(11(15)16)5-4-6-14(12)20(17,18)8-10-7-9(2)13-19-10/h7H,3-6,8H2,1-2H3,(H,15,16). The number of rotatable bonds is 5. The van der Waals surface area contributed by atoms with E-state index >= 15 is 0 Å². The zero-order valence-electron chi connectivity index (χ0n) is 11.5. The van der Waals surface area contributed by atoms with Gasteiger partial charge in [-0.15, -0.1) is 0 Å². The van der Waals surface area contributed by atoms with Crippen LogP contribution in [-0.4, -0.2) is 41.0 Å². The van der Waals surface area contributed by atoms with Gasteiger partial charge in [-0.1, -0.05) is 12.1 Å². The number of aliphatic carboxylic acids is 1. The van der Waals surface area contributed by atoms with Crippen LogP contribution in [0.15, 0.2) is 10.6 Å². The van der Waals surface area contributed by atoms with Crippen LogP contribution in [0.25, 0.3) is 0 Å². The molecule has 2 heterocycles. The zero-order chi connectivity index (χ0) is 15.0. The Morgan fingerprint density at radius 2 is 2.30 bits per heavy atom. The molecule has 1 saturated heterocycles. The first-order valence-corrected chi connectivity index (χ1v) is 8.09. The quantitative estimate of drug-likeness (QED) is 0.875. The van der Waals surface area contributed by atoms with Gasteiger partial charge in [-0.2, -0.15) is 4.31 Å². The Labute approximate surface area is 117 Å². The maximum atomic E-state index is 12.5. The van der Waals surface area contributed by atoms with Gasteiger partial charge in [0.15, 0.2) is 5.76 Å². The lowest BCUT2D eigenvalue weighted by atomic mass is 9.95. The molecular formula is C12H18N2O5S. The van der Waals surface area contributed by atoms with Crippen LogP contribution in [0.2, 0.25) is 0 Å². The summed E-state index contributed by atoms with van der Waals surface area (Å²) in [5.74, 6) is -1.22. The summed E-state index contributed by atoms with van der Waals surface area (Å²) in [6.45, 7) is 3.62. The molecule has 2 rings (SSSR count). The van der Waals surface area contributed by atoms with E-state index in [2.05, 4.69) is 5.16 Å². The van der Waals surface area contributed by atoms with Crippen molar-refractivity contribution in [2.24, 2.45) is 0 Å². The van der Waals surface area contributed by atoms with Gasteiger partial charge in [0.1, 0.15) is 11.3 Å². The van der Waals surface area contributed by atoms with Crippen molar-refractivity contribution in [3.05, 3.63) is 17.5 Å². The largest absolute Gasteiger partial charge is 0.480 e. The van der Waals surface area contributed by atoms with Crippen LogP contribution in [0.4, 0.5) is 0 Å². The molecule has 0 aliphatic carbocycles. The van der Waals surface area contributed by atoms with Crippen LogP contribution in [-0.2, 0) is 20.6 Å². The molecule has 0 amide bonds. The van der Waals surface area contributed by atoms with Crippen LogP contribution < -0.4 is 0 Å². The lowest BCUT2D eigenvalue weighted by Gasteiger charge is -2.32. The van der Waals surface area contributed by atoms with E-state index in [1.807, 2.05) is 0 Å². The average molecular weight is 302 g/mol. The number of aryl methyl sites for hydroxylation is 1. The van der Waals surface area contributed by atoms with Crippen molar-refractivity contribution in [1.29, 1.82) is 0 Å². The number of hydrogen-bond acceptors (Lipinski definition) is 5. The SMILES string of the molecule is CCC1(C(=O)O)CCCN1S(=O)(=O)Cc1cc(C)no1. The molecule has 1 fully saturated rings. The summed E-state index contributed by atoms with van der Waals surface area (Å²) in [6, 6.07) is 1.54. The molecule has 8 heteroatoms. The highest BCUT2D eigenvalue weighted by molar-refractivity contribution is 7.88. The Morgan fingerprint density at radius 1 is 1.60 bits per heavy atom. The van der Waals surface area contributed by atoms with Crippen molar-refractivity contribution in [1.82, 2.24) is 9.46 Å². The predicted molar refractivity (Wildman–Crippen MR) is 70.5 cm³/mol. The number of nitrogens with zero attached hydrogens (tertiary/aromatic N) is 2. The van der Waals surface area contributed by atoms with E-state index in [1.165, 1.54) is 0 Å². The lowest BCUT2D eigenvalue weighted by molar-refractivity contribution is -0.147. The molecule has 1 aliphatic rings. The van der Waals surface area contributed by atoms with Gasteiger partial charge >= 0.3 is 5.97 Å². The van der Waals surface area contributed by atoms with Crippen molar-refractivity contribution in [2.75, 3.05) is 6.54 Å². The highest BCUT2D eigenvalue weighted by Gasteiger charge is 2.51. The molecular weight excluding hydrogens is 284 g/mol. The highest BCUT2D eigenvalue weighted by Crippen LogP contribution is 2.36. The van der Waals surface area contributed by atoms with E-state index in [-0.39, 0.29) is 24.5 Å². The lowest BCUT2D eigenvalue weighted by Crippen LogP contribution is -2.52. The second-order valence-electron chi connectivity index (χ2n) is 5.06. The van der Waals surface area contributed by atoms with Crippen molar-refractivity contribution < 1.29 is 22.8 Å². The number of carbonyl (C=O) groups is 1. The summed E-state index contributed by atoms with van der Waals surface area (Å²) < 4.78 is 31.0. The molecule has 0 saturated carbocycles. The minimum Gasteiger partial charge on any atom is -0.480 e. The Bertz CT molecular complexity index is 609. The van der Waals surface area contributed by atoms with Crippen LogP contribution in [0.5, 0.6) is 0 Å². The van der Waals surface area contributed by atoms with Gasteiger partial charge in [-0.25, -0.2) is 8.42 Å². The third-order valence-electron chi connectivity index (χ3n) is 3.75. The Morgan fingerprint density at radius 3 is 2.80 bits per heavy atom. The summed E-state index contributed by atoms with van der Waals surface area (Å²) in [5, 5.41) is 13.1. The average Bonchev–Trinajstić information content (AvgIpc) is 2.95. The molecule has 112 valence electrons. The second kappa shape index (κ2) is 5.17. The minimum atomic E-state index is -3.75. The second-order valence-corrected chi connectivity index (χ2v) is 6.95. The number of carboxylic acid groups (broad SMARTS) is 1. The van der Waals surface area contributed by atoms with Crippen LogP contribution in [0.1, 0.15) is 37.6 Å². The summed E-state index contributed by atoms with van der Waals surface area (Å²) in [7, 11) is -3.75. The molecule has 1 aliphatic heterocycles. The molecule has 20 heavy (non-hydrogen) atoms. The Kier molecular flexibility index (Phi) is 3.88. The smallest absolute Gasteiger partial charge is 0.325 e. The van der Waals surface area contributed by atoms with Crippen LogP contribution in [0, 0.1) is 6.92 Å². The fraction of sp³-hybridized carbons (Fsp3) is 0.667. The van der Waals surface area contributed by atoms with Crippen molar-refractivity contribution in [3.8, 4) is 0 Å². The van der Waals surface area contributed by atoms with Crippen LogP contribution >= 0.6 is 0 Å². The van der Waals surface area contributed by atoms with E-state index in [4.69, 9.17) is 4.52 Å². The fourth-order valence-electron chi connectivity index (χ4n) is 2.72. The molecule has 1 aromatic heterocycles. The van der Waals surface area contributed by atoms with E-state index in [9.17, 15) is 18.3 Å². The molecule has 7 nitrogen and oxygen atoms in total. The number of carboxylic acids is 1. The predicted octanol–water partition coefficient (Wildman–Crippen LogP) is 1.14. The van der Waals surface area contributed by atoms with Crippen molar-refractivity contribution in [3.63, 3.8) is 0 Å². The number of aromatic nitrogens is 1. The van der Waals surface area contributed by atoms with Gasteiger partial charge < -0.3 is 9.63 Å². The van der Waals surface area contributed by atoms with Gasteiger partial charge in [-0.3, -0.25) is 4.79 Å². The van der Waals surface area contributed by atoms with Gasteiger partial charge in [0, 0.05) is 12.6 Å². The Balaban J connectivity index is 2.30. The maximum absolute atomic E-state index is 12.5. The fourth-order valence-corrected chi connectivity index (χ4v) is 4.61. The number of hydrogen-bond donors (Lipinski definition) is 1. The topological polar surface area (TPSA) is 101 Å². The Hall–Kier alpha value is -1.41. The number of sulfonamides is 1. The van der Waals surface area contributed by atoms with E-state index in [1.54, 1.807) is 19.9 Å². The van der Waals surface area contributed by atoms with Gasteiger partial charge in [-0.05, 0) is 26.2 Å². The summed E-state index contributed by atoms with van der Waals surface area (Å²) in [6.07, 6.45) is 1.14. The molecule has 0 bridgehead atoms.